The van der Waals surface area contributed by atoms with Crippen LogP contribution in [0.1, 0.15) is 42.2 Å². The molecule has 1 saturated carbocycles. The largest absolute Gasteiger partial charge is 0.335 e. The van der Waals surface area contributed by atoms with E-state index in [4.69, 9.17) is 0 Å². The first-order chi connectivity index (χ1) is 7.90. The highest BCUT2D eigenvalue weighted by molar-refractivity contribution is 5.89. The van der Waals surface area contributed by atoms with Crippen molar-refractivity contribution in [3.63, 3.8) is 0 Å². The topological polar surface area (TPSA) is 22.0 Å². The number of para-hydroxylation sites is 1. The minimum Gasteiger partial charge on any atom is -0.335 e. The summed E-state index contributed by atoms with van der Waals surface area (Å²) in [6.45, 7) is 0. The first-order valence-electron chi connectivity index (χ1n) is 5.95. The van der Waals surface area contributed by atoms with E-state index in [0.717, 1.165) is 12.0 Å². The summed E-state index contributed by atoms with van der Waals surface area (Å²) in [6, 6.07) is 10.8. The molecule has 0 spiro atoms. The molecule has 1 aromatic carbocycles. The standard InChI is InChI=1S/C14H15NO/c16-10-13-9-11-5-1-4-8-14(11)15(13)12-6-2-3-7-12/h1,4-5,8-10,12H,2-3,6-7H2. The van der Waals surface area contributed by atoms with Crippen molar-refractivity contribution in [1.82, 2.24) is 4.57 Å². The predicted molar refractivity (Wildman–Crippen MR) is 64.8 cm³/mol. The van der Waals surface area contributed by atoms with Gasteiger partial charge in [-0.15, -0.1) is 0 Å². The van der Waals surface area contributed by atoms with Crippen molar-refractivity contribution >= 4 is 17.2 Å². The van der Waals surface area contributed by atoms with E-state index in [1.54, 1.807) is 0 Å². The summed E-state index contributed by atoms with van der Waals surface area (Å²) in [5.41, 5.74) is 2.03. The zero-order valence-corrected chi connectivity index (χ0v) is 9.23. The highest BCUT2D eigenvalue weighted by atomic mass is 16.1. The van der Waals surface area contributed by atoms with E-state index in [-0.39, 0.29) is 0 Å². The van der Waals surface area contributed by atoms with Crippen molar-refractivity contribution in [3.05, 3.63) is 36.0 Å². The Kier molecular flexibility index (Phi) is 2.28. The molecule has 0 saturated heterocycles. The van der Waals surface area contributed by atoms with Crippen LogP contribution < -0.4 is 0 Å². The Morgan fingerprint density at radius 1 is 1.19 bits per heavy atom. The zero-order valence-electron chi connectivity index (χ0n) is 9.23. The van der Waals surface area contributed by atoms with Crippen LogP contribution in [0, 0.1) is 0 Å². The molecule has 1 heterocycles. The van der Waals surface area contributed by atoms with Crippen molar-refractivity contribution in [1.29, 1.82) is 0 Å². The van der Waals surface area contributed by atoms with Crippen LogP contribution in [0.25, 0.3) is 10.9 Å². The van der Waals surface area contributed by atoms with E-state index in [0.29, 0.717) is 6.04 Å². The van der Waals surface area contributed by atoms with Crippen LogP contribution in [0.15, 0.2) is 30.3 Å². The molecule has 1 aliphatic rings. The fourth-order valence-corrected chi connectivity index (χ4v) is 2.86. The molecule has 82 valence electrons. The predicted octanol–water partition coefficient (Wildman–Crippen LogP) is 3.57. The van der Waals surface area contributed by atoms with E-state index in [2.05, 4.69) is 16.7 Å². The molecular weight excluding hydrogens is 198 g/mol. The van der Waals surface area contributed by atoms with Gasteiger partial charge in [-0.2, -0.15) is 0 Å². The molecule has 0 N–H and O–H groups in total. The van der Waals surface area contributed by atoms with Crippen LogP contribution in [0.5, 0.6) is 0 Å². The Hall–Kier alpha value is -1.57. The number of fused-ring (bicyclic) bond motifs is 1. The molecule has 1 aromatic heterocycles. The van der Waals surface area contributed by atoms with Gasteiger partial charge in [-0.1, -0.05) is 31.0 Å². The number of aldehydes is 1. The second kappa shape index (κ2) is 3.78. The lowest BCUT2D eigenvalue weighted by molar-refractivity contribution is 0.111. The number of aromatic nitrogens is 1. The second-order valence-corrected chi connectivity index (χ2v) is 4.55. The fraction of sp³-hybridized carbons (Fsp3) is 0.357. The lowest BCUT2D eigenvalue weighted by atomic mass is 10.2. The number of rotatable bonds is 2. The molecule has 0 bridgehead atoms. The Bertz CT molecular complexity index is 521. The van der Waals surface area contributed by atoms with Gasteiger partial charge < -0.3 is 4.57 Å². The highest BCUT2D eigenvalue weighted by Crippen LogP contribution is 2.34. The highest BCUT2D eigenvalue weighted by Gasteiger charge is 2.20. The summed E-state index contributed by atoms with van der Waals surface area (Å²) in [4.78, 5) is 11.1. The average molecular weight is 213 g/mol. The molecule has 2 aromatic rings. The monoisotopic (exact) mass is 213 g/mol. The molecular formula is C14H15NO. The maximum Gasteiger partial charge on any atom is 0.166 e. The average Bonchev–Trinajstić information content (AvgIpc) is 2.94. The van der Waals surface area contributed by atoms with E-state index in [1.807, 2.05) is 18.2 Å². The Morgan fingerprint density at radius 3 is 2.69 bits per heavy atom. The van der Waals surface area contributed by atoms with Crippen LogP contribution in [-0.2, 0) is 0 Å². The maximum atomic E-state index is 11.1. The van der Waals surface area contributed by atoms with Gasteiger partial charge in [0.25, 0.3) is 0 Å². The Balaban J connectivity index is 2.22. The summed E-state index contributed by atoms with van der Waals surface area (Å²) in [5.74, 6) is 0. The number of nitrogens with zero attached hydrogens (tertiary/aromatic N) is 1. The zero-order chi connectivity index (χ0) is 11.0. The molecule has 2 nitrogen and oxygen atoms in total. The fourth-order valence-electron chi connectivity index (χ4n) is 2.86. The smallest absolute Gasteiger partial charge is 0.166 e. The van der Waals surface area contributed by atoms with Gasteiger partial charge in [-0.3, -0.25) is 4.79 Å². The lowest BCUT2D eigenvalue weighted by Gasteiger charge is -2.15. The third-order valence-corrected chi connectivity index (χ3v) is 3.59. The quantitative estimate of drug-likeness (QED) is 0.699. The molecule has 1 fully saturated rings. The molecule has 0 atom stereocenters. The SMILES string of the molecule is O=Cc1cc2ccccc2n1C1CCCC1. The summed E-state index contributed by atoms with van der Waals surface area (Å²) in [5, 5.41) is 1.18. The van der Waals surface area contributed by atoms with Crippen molar-refractivity contribution in [3.8, 4) is 0 Å². The third kappa shape index (κ3) is 1.37. The summed E-state index contributed by atoms with van der Waals surface area (Å²) >= 11 is 0. The van der Waals surface area contributed by atoms with Gasteiger partial charge in [-0.05, 0) is 25.0 Å². The van der Waals surface area contributed by atoms with Crippen LogP contribution in [0.3, 0.4) is 0 Å². The van der Waals surface area contributed by atoms with Crippen molar-refractivity contribution in [2.45, 2.75) is 31.7 Å². The van der Waals surface area contributed by atoms with Crippen molar-refractivity contribution < 1.29 is 4.79 Å². The molecule has 1 aliphatic carbocycles. The van der Waals surface area contributed by atoms with Crippen molar-refractivity contribution in [2.75, 3.05) is 0 Å². The lowest BCUT2D eigenvalue weighted by Crippen LogP contribution is -2.07. The minimum absolute atomic E-state index is 0.528. The molecule has 16 heavy (non-hydrogen) atoms. The van der Waals surface area contributed by atoms with Crippen LogP contribution in [0.4, 0.5) is 0 Å². The number of carbonyl (C=O) groups is 1. The summed E-state index contributed by atoms with van der Waals surface area (Å²) in [7, 11) is 0. The van der Waals surface area contributed by atoms with Gasteiger partial charge in [0.05, 0.1) is 5.69 Å². The molecule has 0 amide bonds. The van der Waals surface area contributed by atoms with Crippen LogP contribution in [0.2, 0.25) is 0 Å². The second-order valence-electron chi connectivity index (χ2n) is 4.55. The summed E-state index contributed by atoms with van der Waals surface area (Å²) < 4.78 is 2.23. The maximum absolute atomic E-state index is 11.1. The Labute approximate surface area is 94.9 Å². The van der Waals surface area contributed by atoms with E-state index in [1.165, 1.54) is 36.6 Å². The van der Waals surface area contributed by atoms with Crippen LogP contribution >= 0.6 is 0 Å². The van der Waals surface area contributed by atoms with E-state index >= 15 is 0 Å². The number of carbonyl (C=O) groups excluding carboxylic acids is 1. The minimum atomic E-state index is 0.528. The molecule has 3 rings (SSSR count). The number of hydrogen-bond acceptors (Lipinski definition) is 1. The van der Waals surface area contributed by atoms with Gasteiger partial charge in [0.2, 0.25) is 0 Å². The van der Waals surface area contributed by atoms with E-state index < -0.39 is 0 Å². The van der Waals surface area contributed by atoms with Gasteiger partial charge >= 0.3 is 0 Å². The first kappa shape index (κ1) is 9.64. The van der Waals surface area contributed by atoms with Crippen LogP contribution in [-0.4, -0.2) is 10.9 Å². The Morgan fingerprint density at radius 2 is 1.94 bits per heavy atom. The summed E-state index contributed by atoms with van der Waals surface area (Å²) in [6.07, 6.45) is 5.97. The van der Waals surface area contributed by atoms with Gasteiger partial charge in [0.15, 0.2) is 6.29 Å². The molecule has 0 radical (unpaired) electrons. The first-order valence-corrected chi connectivity index (χ1v) is 5.95. The third-order valence-electron chi connectivity index (χ3n) is 3.59. The molecule has 0 aliphatic heterocycles. The van der Waals surface area contributed by atoms with E-state index in [9.17, 15) is 4.79 Å². The van der Waals surface area contributed by atoms with Gasteiger partial charge in [0, 0.05) is 16.9 Å². The van der Waals surface area contributed by atoms with Gasteiger partial charge in [-0.25, -0.2) is 0 Å². The molecule has 2 heteroatoms. The van der Waals surface area contributed by atoms with Gasteiger partial charge in [0.1, 0.15) is 0 Å². The number of benzene rings is 1. The molecule has 0 unspecified atom stereocenters. The number of hydrogen-bond donors (Lipinski definition) is 0. The van der Waals surface area contributed by atoms with Crippen molar-refractivity contribution in [2.24, 2.45) is 0 Å². The normalized spacial score (nSPS) is 17.0.